The van der Waals surface area contributed by atoms with Crippen molar-refractivity contribution in [3.63, 3.8) is 0 Å². The SMILES string of the molecule is O=C(Nc1ccc2n(c1=O)C[C@@H]1C[C@@H]2CN(C(=O)Nc2ccc(F)cc2)C1)C1CCCCC1. The quantitative estimate of drug-likeness (QED) is 0.734. The molecule has 5 rings (SSSR count). The van der Waals surface area contributed by atoms with Gasteiger partial charge in [-0.25, -0.2) is 9.18 Å². The minimum atomic E-state index is -0.350. The van der Waals surface area contributed by atoms with Gasteiger partial charge in [0.05, 0.1) is 0 Å². The van der Waals surface area contributed by atoms with Gasteiger partial charge in [-0.3, -0.25) is 9.59 Å². The van der Waals surface area contributed by atoms with Crippen molar-refractivity contribution in [1.29, 1.82) is 0 Å². The lowest BCUT2D eigenvalue weighted by molar-refractivity contribution is -0.120. The van der Waals surface area contributed by atoms with Crippen LogP contribution in [-0.2, 0) is 11.3 Å². The maximum Gasteiger partial charge on any atom is 0.321 e. The molecule has 1 saturated carbocycles. The number of amides is 3. The Kier molecular flexibility index (Phi) is 5.91. The number of likely N-dealkylation sites (tertiary alicyclic amines) is 1. The third kappa shape index (κ3) is 4.51. The summed E-state index contributed by atoms with van der Waals surface area (Å²) in [4.78, 5) is 40.4. The molecule has 2 fully saturated rings. The molecule has 0 radical (unpaired) electrons. The normalized spacial score (nSPS) is 22.4. The predicted molar refractivity (Wildman–Crippen MR) is 124 cm³/mol. The Morgan fingerprint density at radius 1 is 0.909 bits per heavy atom. The highest BCUT2D eigenvalue weighted by Gasteiger charge is 2.37. The van der Waals surface area contributed by atoms with Crippen LogP contribution in [0.3, 0.4) is 0 Å². The van der Waals surface area contributed by atoms with Crippen molar-refractivity contribution in [3.05, 3.63) is 58.3 Å². The van der Waals surface area contributed by atoms with E-state index in [0.29, 0.717) is 31.0 Å². The van der Waals surface area contributed by atoms with E-state index in [0.717, 1.165) is 37.8 Å². The zero-order valence-corrected chi connectivity index (χ0v) is 18.6. The fourth-order valence-corrected chi connectivity index (χ4v) is 5.54. The van der Waals surface area contributed by atoms with Gasteiger partial charge in [0.15, 0.2) is 0 Å². The van der Waals surface area contributed by atoms with Gasteiger partial charge in [-0.05, 0) is 61.6 Å². The van der Waals surface area contributed by atoms with E-state index in [4.69, 9.17) is 0 Å². The molecule has 2 atom stereocenters. The summed E-state index contributed by atoms with van der Waals surface area (Å²) in [5, 5.41) is 5.71. The zero-order chi connectivity index (χ0) is 22.9. The maximum atomic E-state index is 13.2. The lowest BCUT2D eigenvalue weighted by Crippen LogP contribution is -2.50. The van der Waals surface area contributed by atoms with Crippen LogP contribution in [0.5, 0.6) is 0 Å². The van der Waals surface area contributed by atoms with E-state index in [1.54, 1.807) is 15.5 Å². The van der Waals surface area contributed by atoms with Crippen molar-refractivity contribution in [3.8, 4) is 0 Å². The fraction of sp³-hybridized carbons (Fsp3) is 0.480. The monoisotopic (exact) mass is 452 g/mol. The Morgan fingerprint density at radius 3 is 2.42 bits per heavy atom. The molecule has 2 bridgehead atoms. The molecular weight excluding hydrogens is 423 g/mol. The second-order valence-electron chi connectivity index (χ2n) is 9.55. The number of aromatic nitrogens is 1. The lowest BCUT2D eigenvalue weighted by Gasteiger charge is -2.42. The first kappa shape index (κ1) is 21.7. The molecule has 1 aliphatic carbocycles. The van der Waals surface area contributed by atoms with Crippen LogP contribution in [0.25, 0.3) is 0 Å². The van der Waals surface area contributed by atoms with Gasteiger partial charge in [-0.2, -0.15) is 0 Å². The van der Waals surface area contributed by atoms with Crippen LogP contribution in [0, 0.1) is 17.7 Å². The number of benzene rings is 1. The van der Waals surface area contributed by atoms with Crippen molar-refractivity contribution in [1.82, 2.24) is 9.47 Å². The summed E-state index contributed by atoms with van der Waals surface area (Å²) in [6.45, 7) is 1.59. The van der Waals surface area contributed by atoms with Gasteiger partial charge in [0, 0.05) is 42.9 Å². The summed E-state index contributed by atoms with van der Waals surface area (Å²) in [5.41, 5.74) is 1.65. The summed E-state index contributed by atoms with van der Waals surface area (Å²) in [6, 6.07) is 9.11. The van der Waals surface area contributed by atoms with E-state index in [-0.39, 0.29) is 41.1 Å². The van der Waals surface area contributed by atoms with Crippen molar-refractivity contribution in [2.24, 2.45) is 11.8 Å². The van der Waals surface area contributed by atoms with Crippen LogP contribution < -0.4 is 16.2 Å². The molecule has 3 amide bonds. The standard InChI is InChI=1S/C25H29FN4O3/c26-19-6-8-20(9-7-19)27-25(33)29-13-16-12-18(15-29)22-11-10-21(24(32)30(22)14-16)28-23(31)17-4-2-1-3-5-17/h6-11,16-18H,1-5,12-15H2,(H,27,33)(H,28,31)/t16-,18-/m1/s1. The molecule has 1 aromatic heterocycles. The molecule has 2 N–H and O–H groups in total. The molecule has 174 valence electrons. The minimum absolute atomic E-state index is 0.00765. The van der Waals surface area contributed by atoms with E-state index < -0.39 is 0 Å². The van der Waals surface area contributed by atoms with Crippen LogP contribution in [0.2, 0.25) is 0 Å². The Morgan fingerprint density at radius 2 is 1.67 bits per heavy atom. The Bertz CT molecular complexity index is 1110. The summed E-state index contributed by atoms with van der Waals surface area (Å²) >= 11 is 0. The molecule has 2 aromatic rings. The minimum Gasteiger partial charge on any atom is -0.324 e. The van der Waals surface area contributed by atoms with E-state index in [1.165, 1.54) is 30.7 Å². The largest absolute Gasteiger partial charge is 0.324 e. The molecule has 2 aliphatic heterocycles. The van der Waals surface area contributed by atoms with Gasteiger partial charge >= 0.3 is 6.03 Å². The van der Waals surface area contributed by atoms with E-state index in [9.17, 15) is 18.8 Å². The second kappa shape index (κ2) is 9.00. The number of carbonyl (C=O) groups is 2. The number of carbonyl (C=O) groups excluding carboxylic acids is 2. The second-order valence-corrected chi connectivity index (χ2v) is 9.55. The van der Waals surface area contributed by atoms with Crippen molar-refractivity contribution in [2.45, 2.75) is 51.0 Å². The third-order valence-electron chi connectivity index (χ3n) is 7.22. The molecule has 8 heteroatoms. The topological polar surface area (TPSA) is 83.4 Å². The number of hydrogen-bond acceptors (Lipinski definition) is 3. The molecule has 0 unspecified atom stereocenters. The third-order valence-corrected chi connectivity index (χ3v) is 7.22. The first-order valence-corrected chi connectivity index (χ1v) is 11.8. The number of hydrogen-bond donors (Lipinski definition) is 2. The van der Waals surface area contributed by atoms with Gasteiger partial charge in [0.2, 0.25) is 5.91 Å². The van der Waals surface area contributed by atoms with Crippen molar-refractivity contribution in [2.75, 3.05) is 23.7 Å². The molecule has 7 nitrogen and oxygen atoms in total. The number of nitrogens with zero attached hydrogens (tertiary/aromatic N) is 2. The fourth-order valence-electron chi connectivity index (χ4n) is 5.54. The summed E-state index contributed by atoms with van der Waals surface area (Å²) in [7, 11) is 0. The van der Waals surface area contributed by atoms with Gasteiger partial charge in [-0.15, -0.1) is 0 Å². The van der Waals surface area contributed by atoms with Crippen LogP contribution >= 0.6 is 0 Å². The van der Waals surface area contributed by atoms with Crippen LogP contribution in [0.4, 0.5) is 20.6 Å². The molecular formula is C25H29FN4O3. The number of fused-ring (bicyclic) bond motifs is 4. The van der Waals surface area contributed by atoms with Gasteiger partial charge < -0.3 is 20.1 Å². The molecule has 33 heavy (non-hydrogen) atoms. The van der Waals surface area contributed by atoms with Gasteiger partial charge in [0.1, 0.15) is 11.5 Å². The molecule has 1 saturated heterocycles. The first-order valence-electron chi connectivity index (χ1n) is 11.8. The van der Waals surface area contributed by atoms with E-state index in [1.807, 2.05) is 6.07 Å². The number of urea groups is 1. The van der Waals surface area contributed by atoms with Gasteiger partial charge in [-0.1, -0.05) is 19.3 Å². The Hall–Kier alpha value is -3.16. The van der Waals surface area contributed by atoms with Crippen molar-refractivity contribution < 1.29 is 14.0 Å². The number of nitrogens with one attached hydrogen (secondary N) is 2. The highest BCUT2D eigenvalue weighted by molar-refractivity contribution is 5.92. The van der Waals surface area contributed by atoms with E-state index >= 15 is 0 Å². The van der Waals surface area contributed by atoms with E-state index in [2.05, 4.69) is 10.6 Å². The average molecular weight is 453 g/mol. The summed E-state index contributed by atoms with van der Waals surface area (Å²) < 4.78 is 14.9. The van der Waals surface area contributed by atoms with Crippen LogP contribution in [0.1, 0.15) is 50.1 Å². The zero-order valence-electron chi connectivity index (χ0n) is 18.6. The number of piperidine rings is 1. The van der Waals surface area contributed by atoms with Crippen LogP contribution in [0.15, 0.2) is 41.2 Å². The average Bonchev–Trinajstić information content (AvgIpc) is 2.83. The smallest absolute Gasteiger partial charge is 0.321 e. The Labute approximate surface area is 192 Å². The van der Waals surface area contributed by atoms with Gasteiger partial charge in [0.25, 0.3) is 5.56 Å². The molecule has 1 aromatic carbocycles. The predicted octanol–water partition coefficient (Wildman–Crippen LogP) is 4.16. The summed E-state index contributed by atoms with van der Waals surface area (Å²) in [6.07, 6.45) is 6.00. The molecule has 3 aliphatic rings. The first-order chi connectivity index (χ1) is 16.0. The maximum absolute atomic E-state index is 13.2. The highest BCUT2D eigenvalue weighted by Crippen LogP contribution is 2.36. The number of pyridine rings is 1. The Balaban J connectivity index is 1.29. The lowest BCUT2D eigenvalue weighted by atomic mass is 9.83. The summed E-state index contributed by atoms with van der Waals surface area (Å²) in [5.74, 6) is -0.180. The number of rotatable bonds is 3. The number of anilines is 2. The van der Waals surface area contributed by atoms with Crippen LogP contribution in [-0.4, -0.2) is 34.5 Å². The molecule has 0 spiro atoms. The van der Waals surface area contributed by atoms with Crippen molar-refractivity contribution >= 4 is 23.3 Å². The highest BCUT2D eigenvalue weighted by atomic mass is 19.1. The number of halogens is 1. The molecule has 3 heterocycles.